The van der Waals surface area contributed by atoms with E-state index in [0.29, 0.717) is 11.8 Å². The van der Waals surface area contributed by atoms with Gasteiger partial charge in [0.1, 0.15) is 6.26 Å². The molecule has 0 bridgehead atoms. The SMILES string of the molecule is O=C(O)c1coc(CC2CCCCCC2)n1. The fourth-order valence-corrected chi connectivity index (χ4v) is 2.32. The maximum atomic E-state index is 10.6. The summed E-state index contributed by atoms with van der Waals surface area (Å²) in [6.07, 6.45) is 9.64. The number of carbonyl (C=O) groups is 1. The molecule has 1 fully saturated rings. The van der Waals surface area contributed by atoms with Crippen LogP contribution in [0.2, 0.25) is 0 Å². The van der Waals surface area contributed by atoms with Gasteiger partial charge in [-0.1, -0.05) is 25.7 Å². The smallest absolute Gasteiger partial charge is 0.357 e. The third-order valence-electron chi connectivity index (χ3n) is 3.21. The van der Waals surface area contributed by atoms with Gasteiger partial charge in [-0.15, -0.1) is 0 Å². The van der Waals surface area contributed by atoms with Gasteiger partial charge in [0, 0.05) is 6.42 Å². The minimum absolute atomic E-state index is 0.0172. The number of hydrogen-bond donors (Lipinski definition) is 1. The van der Waals surface area contributed by atoms with E-state index in [2.05, 4.69) is 4.98 Å². The van der Waals surface area contributed by atoms with Crippen LogP contribution in [0, 0.1) is 5.92 Å². The molecule has 4 heteroatoms. The van der Waals surface area contributed by atoms with Gasteiger partial charge in [-0.25, -0.2) is 9.78 Å². The molecule has 16 heavy (non-hydrogen) atoms. The van der Waals surface area contributed by atoms with Crippen LogP contribution >= 0.6 is 0 Å². The van der Waals surface area contributed by atoms with Crippen molar-refractivity contribution in [3.8, 4) is 0 Å². The lowest BCUT2D eigenvalue weighted by Gasteiger charge is -2.10. The molecular formula is C12H17NO3. The second-order valence-electron chi connectivity index (χ2n) is 4.49. The maximum absolute atomic E-state index is 10.6. The molecule has 2 rings (SSSR count). The molecule has 88 valence electrons. The average molecular weight is 223 g/mol. The van der Waals surface area contributed by atoms with Crippen molar-refractivity contribution in [2.75, 3.05) is 0 Å². The highest BCUT2D eigenvalue weighted by Gasteiger charge is 2.17. The molecule has 0 atom stereocenters. The molecule has 0 amide bonds. The summed E-state index contributed by atoms with van der Waals surface area (Å²) in [4.78, 5) is 14.6. The van der Waals surface area contributed by atoms with Crippen molar-refractivity contribution >= 4 is 5.97 Å². The molecule has 0 unspecified atom stereocenters. The minimum Gasteiger partial charge on any atom is -0.476 e. The number of carboxylic acids is 1. The molecule has 0 radical (unpaired) electrons. The van der Waals surface area contributed by atoms with Gasteiger partial charge in [0.2, 0.25) is 0 Å². The van der Waals surface area contributed by atoms with Crippen molar-refractivity contribution in [1.82, 2.24) is 4.98 Å². The number of oxazole rings is 1. The second-order valence-corrected chi connectivity index (χ2v) is 4.49. The van der Waals surface area contributed by atoms with Crippen LogP contribution in [0.4, 0.5) is 0 Å². The Kier molecular flexibility index (Phi) is 3.59. The molecule has 0 spiro atoms. The summed E-state index contributed by atoms with van der Waals surface area (Å²) in [5, 5.41) is 8.73. The normalized spacial score (nSPS) is 18.2. The summed E-state index contributed by atoms with van der Waals surface area (Å²) in [5.41, 5.74) is 0.0172. The zero-order valence-corrected chi connectivity index (χ0v) is 9.32. The zero-order valence-electron chi connectivity index (χ0n) is 9.32. The molecule has 1 aliphatic rings. The quantitative estimate of drug-likeness (QED) is 0.800. The number of rotatable bonds is 3. The van der Waals surface area contributed by atoms with Crippen molar-refractivity contribution in [3.63, 3.8) is 0 Å². The Morgan fingerprint density at radius 3 is 2.62 bits per heavy atom. The van der Waals surface area contributed by atoms with Crippen molar-refractivity contribution in [1.29, 1.82) is 0 Å². The topological polar surface area (TPSA) is 63.3 Å². The maximum Gasteiger partial charge on any atom is 0.357 e. The van der Waals surface area contributed by atoms with E-state index >= 15 is 0 Å². The minimum atomic E-state index is -1.02. The lowest BCUT2D eigenvalue weighted by Crippen LogP contribution is -2.04. The first-order valence-corrected chi connectivity index (χ1v) is 5.93. The molecule has 0 aromatic carbocycles. The Hall–Kier alpha value is -1.32. The van der Waals surface area contributed by atoms with Crippen LogP contribution in [0.3, 0.4) is 0 Å². The molecule has 1 aromatic rings. The highest BCUT2D eigenvalue weighted by Crippen LogP contribution is 2.25. The Labute approximate surface area is 94.7 Å². The third kappa shape index (κ3) is 2.84. The lowest BCUT2D eigenvalue weighted by molar-refractivity contribution is 0.0690. The van der Waals surface area contributed by atoms with Gasteiger partial charge >= 0.3 is 5.97 Å². The largest absolute Gasteiger partial charge is 0.476 e. The van der Waals surface area contributed by atoms with Gasteiger partial charge in [0.05, 0.1) is 0 Å². The summed E-state index contributed by atoms with van der Waals surface area (Å²) in [5.74, 6) is 0.169. The highest BCUT2D eigenvalue weighted by molar-refractivity contribution is 5.84. The standard InChI is InChI=1S/C12H17NO3/c14-12(15)10-8-16-11(13-10)7-9-5-3-1-2-4-6-9/h8-9H,1-7H2,(H,14,15). The zero-order chi connectivity index (χ0) is 11.4. The van der Waals surface area contributed by atoms with E-state index < -0.39 is 5.97 Å². The van der Waals surface area contributed by atoms with Gasteiger partial charge in [0.25, 0.3) is 0 Å². The molecule has 1 aliphatic carbocycles. The number of aromatic carboxylic acids is 1. The first-order valence-electron chi connectivity index (χ1n) is 5.93. The Balaban J connectivity index is 1.94. The van der Waals surface area contributed by atoms with E-state index in [0.717, 1.165) is 6.42 Å². The predicted molar refractivity (Wildman–Crippen MR) is 58.4 cm³/mol. The third-order valence-corrected chi connectivity index (χ3v) is 3.21. The summed E-state index contributed by atoms with van der Waals surface area (Å²) in [6, 6.07) is 0. The molecule has 0 saturated heterocycles. The van der Waals surface area contributed by atoms with Crippen molar-refractivity contribution < 1.29 is 14.3 Å². The first-order chi connectivity index (χ1) is 7.75. The summed E-state index contributed by atoms with van der Waals surface area (Å²) in [6.45, 7) is 0. The van der Waals surface area contributed by atoms with Gasteiger partial charge in [-0.05, 0) is 18.8 Å². The van der Waals surface area contributed by atoms with E-state index in [1.807, 2.05) is 0 Å². The molecule has 1 N–H and O–H groups in total. The van der Waals surface area contributed by atoms with Crippen LogP contribution in [0.5, 0.6) is 0 Å². The Morgan fingerprint density at radius 1 is 1.38 bits per heavy atom. The number of nitrogens with zero attached hydrogens (tertiary/aromatic N) is 1. The molecular weight excluding hydrogens is 206 g/mol. The molecule has 1 saturated carbocycles. The van der Waals surface area contributed by atoms with E-state index in [-0.39, 0.29) is 5.69 Å². The van der Waals surface area contributed by atoms with E-state index in [9.17, 15) is 4.79 Å². The molecule has 4 nitrogen and oxygen atoms in total. The Morgan fingerprint density at radius 2 is 2.06 bits per heavy atom. The van der Waals surface area contributed by atoms with Crippen molar-refractivity contribution in [2.45, 2.75) is 44.9 Å². The monoisotopic (exact) mass is 223 g/mol. The molecule has 1 aromatic heterocycles. The van der Waals surface area contributed by atoms with Gasteiger partial charge in [-0.3, -0.25) is 0 Å². The predicted octanol–water partition coefficient (Wildman–Crippen LogP) is 2.89. The van der Waals surface area contributed by atoms with Crippen LogP contribution in [-0.2, 0) is 6.42 Å². The van der Waals surface area contributed by atoms with Gasteiger partial charge in [-0.2, -0.15) is 0 Å². The fourth-order valence-electron chi connectivity index (χ4n) is 2.32. The average Bonchev–Trinajstić information content (AvgIpc) is 2.56. The number of carboxylic acid groups (broad SMARTS) is 1. The van der Waals surface area contributed by atoms with Crippen molar-refractivity contribution in [3.05, 3.63) is 17.8 Å². The summed E-state index contributed by atoms with van der Waals surface area (Å²) < 4.78 is 5.18. The van der Waals surface area contributed by atoms with Gasteiger partial charge < -0.3 is 9.52 Å². The first kappa shape index (κ1) is 11.2. The van der Waals surface area contributed by atoms with Crippen LogP contribution < -0.4 is 0 Å². The fraction of sp³-hybridized carbons (Fsp3) is 0.667. The Bertz CT molecular complexity index is 351. The van der Waals surface area contributed by atoms with E-state index in [4.69, 9.17) is 9.52 Å². The van der Waals surface area contributed by atoms with Gasteiger partial charge in [0.15, 0.2) is 11.6 Å². The summed E-state index contributed by atoms with van der Waals surface area (Å²) in [7, 11) is 0. The highest BCUT2D eigenvalue weighted by atomic mass is 16.4. The van der Waals surface area contributed by atoms with Crippen LogP contribution in [0.1, 0.15) is 54.9 Å². The van der Waals surface area contributed by atoms with Crippen molar-refractivity contribution in [2.24, 2.45) is 5.92 Å². The van der Waals surface area contributed by atoms with Crippen LogP contribution in [0.25, 0.3) is 0 Å². The molecule has 0 aliphatic heterocycles. The molecule has 1 heterocycles. The van der Waals surface area contributed by atoms with E-state index in [1.54, 1.807) is 0 Å². The number of aromatic nitrogens is 1. The van der Waals surface area contributed by atoms with E-state index in [1.165, 1.54) is 44.8 Å². The summed E-state index contributed by atoms with van der Waals surface area (Å²) >= 11 is 0. The lowest BCUT2D eigenvalue weighted by atomic mass is 9.97. The second kappa shape index (κ2) is 5.14. The van der Waals surface area contributed by atoms with Crippen LogP contribution in [0.15, 0.2) is 10.7 Å². The van der Waals surface area contributed by atoms with Crippen LogP contribution in [-0.4, -0.2) is 16.1 Å². The number of hydrogen-bond acceptors (Lipinski definition) is 3.